The van der Waals surface area contributed by atoms with Gasteiger partial charge in [-0.3, -0.25) is 4.79 Å². The average Bonchev–Trinajstić information content (AvgIpc) is 2.57. The molecule has 0 atom stereocenters. The number of nitrogens with one attached hydrogen (secondary N) is 1. The number of ether oxygens (including phenoxy) is 1. The van der Waals surface area contributed by atoms with Crippen molar-refractivity contribution in [3.05, 3.63) is 40.5 Å². The van der Waals surface area contributed by atoms with Crippen LogP contribution in [0.15, 0.2) is 24.4 Å². The van der Waals surface area contributed by atoms with E-state index in [4.69, 9.17) is 11.6 Å². The predicted molar refractivity (Wildman–Crippen MR) is 85.1 cm³/mol. The van der Waals surface area contributed by atoms with Crippen LogP contribution in [0.1, 0.15) is 22.3 Å². The standard InChI is InChI=1S/C15H14ClN3O5/c1-24-15(23)13-8(14(16)10(21)7-9(13)20)4-5-12(22)18-11-3-2-6-17-19-11/h2-3,6-7,20-21H,4-5H2,1H3,(H,18,19,22). The van der Waals surface area contributed by atoms with Crippen LogP contribution >= 0.6 is 11.6 Å². The Morgan fingerprint density at radius 1 is 1.33 bits per heavy atom. The predicted octanol–water partition coefficient (Wildman–Crippen LogP) is 1.90. The van der Waals surface area contributed by atoms with Crippen molar-refractivity contribution in [3.8, 4) is 11.5 Å². The number of halogens is 1. The van der Waals surface area contributed by atoms with Crippen LogP contribution in [0.25, 0.3) is 0 Å². The van der Waals surface area contributed by atoms with Crippen molar-refractivity contribution in [2.45, 2.75) is 12.8 Å². The molecule has 2 rings (SSSR count). The number of nitrogens with zero attached hydrogens (tertiary/aromatic N) is 2. The molecule has 0 saturated heterocycles. The minimum atomic E-state index is -0.821. The van der Waals surface area contributed by atoms with Crippen molar-refractivity contribution in [1.82, 2.24) is 10.2 Å². The van der Waals surface area contributed by atoms with Gasteiger partial charge in [-0.1, -0.05) is 11.6 Å². The van der Waals surface area contributed by atoms with Crippen LogP contribution in [-0.2, 0) is 16.0 Å². The van der Waals surface area contributed by atoms with Gasteiger partial charge in [0.2, 0.25) is 5.91 Å². The van der Waals surface area contributed by atoms with Gasteiger partial charge in [-0.05, 0) is 24.1 Å². The van der Waals surface area contributed by atoms with Crippen molar-refractivity contribution in [2.24, 2.45) is 0 Å². The normalized spacial score (nSPS) is 10.2. The maximum absolute atomic E-state index is 12.0. The minimum Gasteiger partial charge on any atom is -0.507 e. The maximum Gasteiger partial charge on any atom is 0.341 e. The van der Waals surface area contributed by atoms with E-state index in [-0.39, 0.29) is 34.8 Å². The van der Waals surface area contributed by atoms with Crippen LogP contribution in [0, 0.1) is 0 Å². The highest BCUT2D eigenvalue weighted by Crippen LogP contribution is 2.37. The topological polar surface area (TPSA) is 122 Å². The molecular formula is C15H14ClN3O5. The molecule has 24 heavy (non-hydrogen) atoms. The molecule has 9 heteroatoms. The molecule has 126 valence electrons. The van der Waals surface area contributed by atoms with Crippen molar-refractivity contribution in [1.29, 1.82) is 0 Å². The molecule has 0 spiro atoms. The summed E-state index contributed by atoms with van der Waals surface area (Å²) in [5.74, 6) is -1.82. The quantitative estimate of drug-likeness (QED) is 0.703. The molecule has 0 unspecified atom stereocenters. The van der Waals surface area contributed by atoms with Crippen molar-refractivity contribution < 1.29 is 24.5 Å². The molecule has 8 nitrogen and oxygen atoms in total. The van der Waals surface area contributed by atoms with Crippen LogP contribution in [0.2, 0.25) is 5.02 Å². The first-order valence-corrected chi connectivity index (χ1v) is 7.21. The molecule has 1 aromatic carbocycles. The van der Waals surface area contributed by atoms with E-state index < -0.39 is 23.4 Å². The lowest BCUT2D eigenvalue weighted by molar-refractivity contribution is -0.116. The summed E-state index contributed by atoms with van der Waals surface area (Å²) in [5.41, 5.74) is -0.0667. The number of hydrogen-bond donors (Lipinski definition) is 3. The first kappa shape index (κ1) is 17.5. The molecule has 1 aromatic heterocycles. The third-order valence-corrected chi connectivity index (χ3v) is 3.57. The first-order chi connectivity index (χ1) is 11.4. The Bertz CT molecular complexity index is 767. The summed E-state index contributed by atoms with van der Waals surface area (Å²) < 4.78 is 4.60. The molecule has 0 saturated carbocycles. The molecule has 0 bridgehead atoms. The van der Waals surface area contributed by atoms with Gasteiger partial charge in [0.15, 0.2) is 5.82 Å². The number of anilines is 1. The molecule has 0 aliphatic heterocycles. The van der Waals surface area contributed by atoms with E-state index in [9.17, 15) is 19.8 Å². The Morgan fingerprint density at radius 3 is 2.71 bits per heavy atom. The minimum absolute atomic E-state index is 0.00266. The van der Waals surface area contributed by atoms with E-state index in [0.29, 0.717) is 0 Å². The number of esters is 1. The van der Waals surface area contributed by atoms with E-state index in [1.807, 2.05) is 0 Å². The Labute approximate surface area is 142 Å². The number of aromatic nitrogens is 2. The maximum atomic E-state index is 12.0. The lowest BCUT2D eigenvalue weighted by atomic mass is 10.0. The Balaban J connectivity index is 2.19. The number of amides is 1. The Kier molecular flexibility index (Phi) is 5.54. The third-order valence-electron chi connectivity index (χ3n) is 3.15. The number of carbonyl (C=O) groups is 2. The van der Waals surface area contributed by atoms with Gasteiger partial charge >= 0.3 is 5.97 Å². The van der Waals surface area contributed by atoms with E-state index in [2.05, 4.69) is 20.3 Å². The zero-order chi connectivity index (χ0) is 17.7. The number of benzene rings is 1. The van der Waals surface area contributed by atoms with Gasteiger partial charge in [0.25, 0.3) is 0 Å². The smallest absolute Gasteiger partial charge is 0.341 e. The number of phenols is 2. The molecule has 0 radical (unpaired) electrons. The first-order valence-electron chi connectivity index (χ1n) is 6.83. The highest BCUT2D eigenvalue weighted by molar-refractivity contribution is 6.33. The second kappa shape index (κ2) is 7.60. The van der Waals surface area contributed by atoms with Gasteiger partial charge in [-0.25, -0.2) is 4.79 Å². The van der Waals surface area contributed by atoms with Crippen molar-refractivity contribution >= 4 is 29.3 Å². The van der Waals surface area contributed by atoms with E-state index in [0.717, 1.165) is 13.2 Å². The van der Waals surface area contributed by atoms with Crippen LogP contribution in [0.4, 0.5) is 5.82 Å². The van der Waals surface area contributed by atoms with Gasteiger partial charge in [0, 0.05) is 18.7 Å². The second-order valence-corrected chi connectivity index (χ2v) is 5.11. The number of methoxy groups -OCH3 is 1. The number of hydrogen-bond acceptors (Lipinski definition) is 7. The van der Waals surface area contributed by atoms with E-state index in [1.165, 1.54) is 6.20 Å². The molecule has 2 aromatic rings. The monoisotopic (exact) mass is 351 g/mol. The fourth-order valence-electron chi connectivity index (χ4n) is 2.06. The zero-order valence-electron chi connectivity index (χ0n) is 12.6. The summed E-state index contributed by atoms with van der Waals surface area (Å²) in [6.07, 6.45) is 1.40. The molecule has 1 heterocycles. The van der Waals surface area contributed by atoms with Gasteiger partial charge in [0.1, 0.15) is 17.1 Å². The summed E-state index contributed by atoms with van der Waals surface area (Å²) in [7, 11) is 1.15. The Morgan fingerprint density at radius 2 is 2.08 bits per heavy atom. The summed E-state index contributed by atoms with van der Waals surface area (Å²) in [5, 5.41) is 29.3. The molecular weight excluding hydrogens is 338 g/mol. The van der Waals surface area contributed by atoms with Crippen LogP contribution in [-0.4, -0.2) is 39.4 Å². The fraction of sp³-hybridized carbons (Fsp3) is 0.200. The van der Waals surface area contributed by atoms with Crippen molar-refractivity contribution in [2.75, 3.05) is 12.4 Å². The molecule has 3 N–H and O–H groups in total. The second-order valence-electron chi connectivity index (χ2n) is 4.73. The summed E-state index contributed by atoms with van der Waals surface area (Å²) in [6, 6.07) is 4.12. The largest absolute Gasteiger partial charge is 0.507 e. The van der Waals surface area contributed by atoms with Crippen LogP contribution in [0.5, 0.6) is 11.5 Å². The SMILES string of the molecule is COC(=O)c1c(O)cc(O)c(Cl)c1CCC(=O)Nc1cccnn1. The van der Waals surface area contributed by atoms with Gasteiger partial charge in [-0.15, -0.1) is 5.10 Å². The molecule has 1 amide bonds. The van der Waals surface area contributed by atoms with Crippen LogP contribution in [0.3, 0.4) is 0 Å². The lowest BCUT2D eigenvalue weighted by Gasteiger charge is -2.13. The highest BCUT2D eigenvalue weighted by atomic mass is 35.5. The molecule has 0 aliphatic carbocycles. The average molecular weight is 352 g/mol. The fourth-order valence-corrected chi connectivity index (χ4v) is 2.30. The third kappa shape index (κ3) is 3.90. The van der Waals surface area contributed by atoms with E-state index >= 15 is 0 Å². The van der Waals surface area contributed by atoms with E-state index in [1.54, 1.807) is 12.1 Å². The molecule has 0 fully saturated rings. The van der Waals surface area contributed by atoms with Gasteiger partial charge in [-0.2, -0.15) is 5.10 Å². The number of rotatable bonds is 5. The lowest BCUT2D eigenvalue weighted by Crippen LogP contribution is -2.15. The number of phenolic OH excluding ortho intramolecular Hbond substituents is 2. The number of aromatic hydroxyl groups is 2. The molecule has 0 aliphatic rings. The highest BCUT2D eigenvalue weighted by Gasteiger charge is 2.23. The summed E-state index contributed by atoms with van der Waals surface area (Å²) in [6.45, 7) is 0. The summed E-state index contributed by atoms with van der Waals surface area (Å²) in [4.78, 5) is 23.8. The summed E-state index contributed by atoms with van der Waals surface area (Å²) >= 11 is 5.99. The van der Waals surface area contributed by atoms with Gasteiger partial charge < -0.3 is 20.3 Å². The Hall–Kier alpha value is -2.87. The van der Waals surface area contributed by atoms with Gasteiger partial charge in [0.05, 0.1) is 12.1 Å². The zero-order valence-corrected chi connectivity index (χ0v) is 13.4. The number of carbonyl (C=O) groups excluding carboxylic acids is 2. The van der Waals surface area contributed by atoms with Crippen molar-refractivity contribution in [3.63, 3.8) is 0 Å². The van der Waals surface area contributed by atoms with Crippen LogP contribution < -0.4 is 5.32 Å².